The molecule has 0 saturated carbocycles. The molecule has 2 heterocycles. The Labute approximate surface area is 167 Å². The van der Waals surface area contributed by atoms with Crippen molar-refractivity contribution in [2.24, 2.45) is 0 Å². The molecule has 0 atom stereocenters. The highest BCUT2D eigenvalue weighted by atomic mass is 19.1. The van der Waals surface area contributed by atoms with Gasteiger partial charge in [-0.2, -0.15) is 0 Å². The van der Waals surface area contributed by atoms with Crippen molar-refractivity contribution in [2.75, 3.05) is 19.7 Å². The molecular formula is C23H20FNO4. The van der Waals surface area contributed by atoms with Gasteiger partial charge in [-0.25, -0.2) is 9.18 Å². The van der Waals surface area contributed by atoms with Gasteiger partial charge in [-0.15, -0.1) is 0 Å². The smallest absolute Gasteiger partial charge is 0.375 e. The van der Waals surface area contributed by atoms with Crippen LogP contribution in [0.25, 0.3) is 16.5 Å². The van der Waals surface area contributed by atoms with E-state index in [1.165, 1.54) is 11.6 Å². The highest BCUT2D eigenvalue weighted by Crippen LogP contribution is 2.28. The average molecular weight is 393 g/mol. The topological polar surface area (TPSA) is 59.8 Å². The van der Waals surface area contributed by atoms with Crippen LogP contribution in [0.4, 0.5) is 4.39 Å². The normalized spacial score (nSPS) is 14.0. The number of esters is 1. The minimum absolute atomic E-state index is 0.0119. The van der Waals surface area contributed by atoms with Gasteiger partial charge in [0, 0.05) is 24.0 Å². The molecule has 1 aliphatic heterocycles. The van der Waals surface area contributed by atoms with Gasteiger partial charge in [0.05, 0.1) is 0 Å². The lowest BCUT2D eigenvalue weighted by Gasteiger charge is -2.26. The molecule has 0 saturated heterocycles. The van der Waals surface area contributed by atoms with Crippen LogP contribution in [-0.2, 0) is 9.53 Å². The maximum absolute atomic E-state index is 13.8. The zero-order chi connectivity index (χ0) is 20.4. The first kappa shape index (κ1) is 18.9. The number of fused-ring (bicyclic) bond motifs is 1. The van der Waals surface area contributed by atoms with E-state index in [1.54, 1.807) is 24.0 Å². The van der Waals surface area contributed by atoms with Crippen molar-refractivity contribution in [1.82, 2.24) is 4.90 Å². The second kappa shape index (κ2) is 7.91. The van der Waals surface area contributed by atoms with Gasteiger partial charge >= 0.3 is 5.97 Å². The number of benzene rings is 2. The van der Waals surface area contributed by atoms with Crippen LogP contribution in [0.3, 0.4) is 0 Å². The van der Waals surface area contributed by atoms with Crippen LogP contribution in [0.1, 0.15) is 28.1 Å². The van der Waals surface area contributed by atoms with Crippen LogP contribution in [0, 0.1) is 12.7 Å². The van der Waals surface area contributed by atoms with Crippen molar-refractivity contribution >= 4 is 28.4 Å². The number of hydrogen-bond donors (Lipinski definition) is 0. The lowest BCUT2D eigenvalue weighted by atomic mass is 10.00. The molecule has 0 bridgehead atoms. The van der Waals surface area contributed by atoms with Gasteiger partial charge in [-0.3, -0.25) is 4.79 Å². The molecule has 3 aromatic rings. The number of furan rings is 1. The minimum Gasteiger partial charge on any atom is -0.450 e. The molecule has 4 rings (SSSR count). The van der Waals surface area contributed by atoms with Crippen LogP contribution in [0.15, 0.2) is 59.0 Å². The predicted molar refractivity (Wildman–Crippen MR) is 107 cm³/mol. The standard InChI is InChI=1S/C23H20FNO4/c1-15-18-8-5-9-19(24)22(18)29-21(15)23(27)28-14-20(26)25-12-10-17(11-13-25)16-6-3-2-4-7-16/h2-10H,11-14H2,1H3. The van der Waals surface area contributed by atoms with Gasteiger partial charge in [-0.05, 0) is 30.5 Å². The Bertz CT molecular complexity index is 1100. The van der Waals surface area contributed by atoms with Gasteiger partial charge in [0.15, 0.2) is 18.0 Å². The summed E-state index contributed by atoms with van der Waals surface area (Å²) >= 11 is 0. The maximum atomic E-state index is 13.8. The summed E-state index contributed by atoms with van der Waals surface area (Å²) in [5.74, 6) is -1.68. The number of carbonyl (C=O) groups is 2. The summed E-state index contributed by atoms with van der Waals surface area (Å²) in [7, 11) is 0. The Balaban J connectivity index is 1.38. The Hall–Kier alpha value is -3.41. The lowest BCUT2D eigenvalue weighted by Crippen LogP contribution is -2.37. The Morgan fingerprint density at radius 3 is 2.62 bits per heavy atom. The van der Waals surface area contributed by atoms with Crippen molar-refractivity contribution in [1.29, 1.82) is 0 Å². The van der Waals surface area contributed by atoms with Crippen molar-refractivity contribution in [3.05, 3.63) is 77.3 Å². The monoisotopic (exact) mass is 393 g/mol. The first-order valence-corrected chi connectivity index (χ1v) is 9.41. The number of aryl methyl sites for hydroxylation is 1. The van der Waals surface area contributed by atoms with E-state index >= 15 is 0 Å². The van der Waals surface area contributed by atoms with Gasteiger partial charge in [0.1, 0.15) is 0 Å². The van der Waals surface area contributed by atoms with Crippen LogP contribution in [-0.4, -0.2) is 36.5 Å². The number of carbonyl (C=O) groups excluding carboxylic acids is 2. The van der Waals surface area contributed by atoms with Crippen molar-refractivity contribution in [3.63, 3.8) is 0 Å². The largest absolute Gasteiger partial charge is 0.450 e. The fourth-order valence-corrected chi connectivity index (χ4v) is 3.50. The van der Waals surface area contributed by atoms with E-state index in [1.807, 2.05) is 36.4 Å². The molecule has 29 heavy (non-hydrogen) atoms. The molecule has 0 spiro atoms. The van der Waals surface area contributed by atoms with Gasteiger partial charge < -0.3 is 14.1 Å². The molecular weight excluding hydrogens is 373 g/mol. The SMILES string of the molecule is Cc1c(C(=O)OCC(=O)N2CC=C(c3ccccc3)CC2)oc2c(F)cccc12. The minimum atomic E-state index is -0.774. The molecule has 0 fully saturated rings. The number of amides is 1. The number of halogens is 1. The molecule has 5 nitrogen and oxygen atoms in total. The summed E-state index contributed by atoms with van der Waals surface area (Å²) in [5.41, 5.74) is 2.86. The zero-order valence-electron chi connectivity index (χ0n) is 16.0. The van der Waals surface area contributed by atoms with Crippen LogP contribution < -0.4 is 0 Å². The third-order valence-electron chi connectivity index (χ3n) is 5.13. The number of hydrogen-bond acceptors (Lipinski definition) is 4. The van der Waals surface area contributed by atoms with E-state index in [9.17, 15) is 14.0 Å². The van der Waals surface area contributed by atoms with Gasteiger partial charge in [0.2, 0.25) is 5.76 Å². The zero-order valence-corrected chi connectivity index (χ0v) is 16.0. The summed E-state index contributed by atoms with van der Waals surface area (Å²) in [6, 6.07) is 14.5. The molecule has 0 radical (unpaired) electrons. The fourth-order valence-electron chi connectivity index (χ4n) is 3.50. The van der Waals surface area contributed by atoms with Crippen molar-refractivity contribution < 1.29 is 23.1 Å². The van der Waals surface area contributed by atoms with E-state index in [0.717, 1.165) is 12.0 Å². The van der Waals surface area contributed by atoms with Crippen LogP contribution in [0.2, 0.25) is 0 Å². The Kier molecular flexibility index (Phi) is 5.16. The molecule has 148 valence electrons. The summed E-state index contributed by atoms with van der Waals surface area (Å²) < 4.78 is 24.3. The first-order valence-electron chi connectivity index (χ1n) is 9.41. The van der Waals surface area contributed by atoms with Crippen molar-refractivity contribution in [3.8, 4) is 0 Å². The first-order chi connectivity index (χ1) is 14.0. The van der Waals surface area contributed by atoms with Crippen molar-refractivity contribution in [2.45, 2.75) is 13.3 Å². The summed E-state index contributed by atoms with van der Waals surface area (Å²) in [5, 5.41) is 0.512. The van der Waals surface area contributed by atoms with Gasteiger partial charge in [-0.1, -0.05) is 48.5 Å². The number of ether oxygens (including phenoxy) is 1. The highest BCUT2D eigenvalue weighted by Gasteiger charge is 2.23. The Morgan fingerprint density at radius 1 is 1.14 bits per heavy atom. The molecule has 0 unspecified atom stereocenters. The molecule has 0 N–H and O–H groups in total. The summed E-state index contributed by atoms with van der Waals surface area (Å²) in [6.07, 6.45) is 2.76. The second-order valence-electron chi connectivity index (χ2n) is 6.93. The fraction of sp³-hybridized carbons (Fsp3) is 0.217. The summed E-state index contributed by atoms with van der Waals surface area (Å²) in [4.78, 5) is 26.4. The van der Waals surface area contributed by atoms with Gasteiger partial charge in [0.25, 0.3) is 5.91 Å². The molecule has 0 aliphatic carbocycles. The number of rotatable bonds is 4. The number of nitrogens with zero attached hydrogens (tertiary/aromatic N) is 1. The number of para-hydroxylation sites is 1. The third kappa shape index (κ3) is 3.78. The highest BCUT2D eigenvalue weighted by molar-refractivity contribution is 5.96. The third-order valence-corrected chi connectivity index (χ3v) is 5.13. The van der Waals surface area contributed by atoms with E-state index in [2.05, 4.69) is 0 Å². The van der Waals surface area contributed by atoms with E-state index < -0.39 is 11.8 Å². The van der Waals surface area contributed by atoms with E-state index in [0.29, 0.717) is 24.0 Å². The van der Waals surface area contributed by atoms with Crippen LogP contribution >= 0.6 is 0 Å². The average Bonchev–Trinajstić information content (AvgIpc) is 3.10. The quantitative estimate of drug-likeness (QED) is 0.618. The molecule has 1 amide bonds. The molecule has 6 heteroatoms. The predicted octanol–water partition coefficient (Wildman–Crippen LogP) is 4.35. The molecule has 1 aromatic heterocycles. The van der Waals surface area contributed by atoms with E-state index in [-0.39, 0.29) is 23.9 Å². The molecule has 2 aromatic carbocycles. The molecule has 1 aliphatic rings. The maximum Gasteiger partial charge on any atom is 0.375 e. The summed E-state index contributed by atoms with van der Waals surface area (Å²) in [6.45, 7) is 2.30. The van der Waals surface area contributed by atoms with E-state index in [4.69, 9.17) is 9.15 Å². The second-order valence-corrected chi connectivity index (χ2v) is 6.93. The lowest BCUT2D eigenvalue weighted by molar-refractivity contribution is -0.134. The van der Waals surface area contributed by atoms with Crippen LogP contribution in [0.5, 0.6) is 0 Å². The Morgan fingerprint density at radius 2 is 1.93 bits per heavy atom.